The lowest BCUT2D eigenvalue weighted by molar-refractivity contribution is -0.137. The molecule has 1 fully saturated rings. The van der Waals surface area contributed by atoms with Crippen LogP contribution in [-0.4, -0.2) is 31.4 Å². The van der Waals surface area contributed by atoms with E-state index in [1.165, 1.54) is 37.4 Å². The molecule has 10 heteroatoms. The van der Waals surface area contributed by atoms with Gasteiger partial charge in [0.25, 0.3) is 11.8 Å². The molecule has 0 spiro atoms. The Balaban J connectivity index is 1.33. The minimum atomic E-state index is -4.47. The number of rotatable bonds is 10. The van der Waals surface area contributed by atoms with Gasteiger partial charge in [0.05, 0.1) is 18.2 Å². The van der Waals surface area contributed by atoms with Gasteiger partial charge in [-0.05, 0) is 65.8 Å². The number of nitrogens with one attached hydrogen (secondary N) is 3. The predicted molar refractivity (Wildman–Crippen MR) is 160 cm³/mol. The van der Waals surface area contributed by atoms with Gasteiger partial charge in [-0.2, -0.15) is 13.2 Å². The smallest absolute Gasteiger partial charge is 0.416 e. The van der Waals surface area contributed by atoms with Crippen molar-refractivity contribution in [1.82, 2.24) is 10.6 Å². The van der Waals surface area contributed by atoms with Gasteiger partial charge in [0.1, 0.15) is 11.8 Å². The van der Waals surface area contributed by atoms with E-state index in [4.69, 9.17) is 4.74 Å². The topological polar surface area (TPSA) is 96.5 Å². The molecule has 0 aromatic heterocycles. The molecule has 44 heavy (non-hydrogen) atoms. The molecular weight excluding hydrogens is 571 g/mol. The monoisotopic (exact) mass is 601 g/mol. The Bertz CT molecular complexity index is 1650. The molecule has 0 unspecified atom stereocenters. The van der Waals surface area contributed by atoms with E-state index >= 15 is 0 Å². The summed E-state index contributed by atoms with van der Waals surface area (Å²) in [5, 5.41) is 8.49. The average molecular weight is 602 g/mol. The van der Waals surface area contributed by atoms with Crippen molar-refractivity contribution in [2.45, 2.75) is 25.1 Å². The number of ether oxygens (including phenoxy) is 1. The van der Waals surface area contributed by atoms with E-state index in [1.807, 2.05) is 6.07 Å². The van der Waals surface area contributed by atoms with Crippen LogP contribution in [0.1, 0.15) is 50.7 Å². The molecule has 0 aliphatic heterocycles. The van der Waals surface area contributed by atoms with E-state index < -0.39 is 29.6 Å². The molecule has 3 amide bonds. The minimum absolute atomic E-state index is 0.159. The van der Waals surface area contributed by atoms with Gasteiger partial charge < -0.3 is 20.7 Å². The summed E-state index contributed by atoms with van der Waals surface area (Å²) in [7, 11) is 1.38. The summed E-state index contributed by atoms with van der Waals surface area (Å²) in [5.74, 6) is -0.720. The van der Waals surface area contributed by atoms with Crippen molar-refractivity contribution in [1.29, 1.82) is 0 Å². The Kier molecular flexibility index (Phi) is 8.99. The standard InChI is InChI=1S/C34H30F3N3O4/c1-44-29-19-25(39-31(41)27-10-6-5-9-26(27)22-13-15-24(16-14-22)34(35,36)37)17-18-28(29)32(42)40-30(23-7-3-2-4-8-23)33(43)38-20-21-11-12-21/h2-10,13-19,21,30H,11-12,20H2,1H3,(H,38,43)(H,39,41)(H,40,42)/t30-/m0/s1. The van der Waals surface area contributed by atoms with Crippen molar-refractivity contribution in [3.05, 3.63) is 119 Å². The molecule has 1 saturated carbocycles. The van der Waals surface area contributed by atoms with Crippen LogP contribution >= 0.6 is 0 Å². The maximum Gasteiger partial charge on any atom is 0.416 e. The number of benzene rings is 4. The Hall–Kier alpha value is -5.12. The third kappa shape index (κ3) is 7.26. The summed E-state index contributed by atoms with van der Waals surface area (Å²) in [5.41, 5.74) is 1.48. The van der Waals surface area contributed by atoms with Crippen LogP contribution in [0.15, 0.2) is 97.1 Å². The number of hydrogen-bond donors (Lipinski definition) is 3. The van der Waals surface area contributed by atoms with Crippen LogP contribution in [0.4, 0.5) is 18.9 Å². The summed E-state index contributed by atoms with van der Waals surface area (Å²) >= 11 is 0. The summed E-state index contributed by atoms with van der Waals surface area (Å²) in [6.07, 6.45) is -2.32. The van der Waals surface area contributed by atoms with Crippen LogP contribution in [0.5, 0.6) is 5.75 Å². The third-order valence-electron chi connectivity index (χ3n) is 7.33. The van der Waals surface area contributed by atoms with Gasteiger partial charge >= 0.3 is 6.18 Å². The highest BCUT2D eigenvalue weighted by Crippen LogP contribution is 2.33. The van der Waals surface area contributed by atoms with Gasteiger partial charge in [0.2, 0.25) is 5.91 Å². The van der Waals surface area contributed by atoms with Crippen molar-refractivity contribution >= 4 is 23.4 Å². The number of alkyl halides is 3. The van der Waals surface area contributed by atoms with E-state index in [2.05, 4.69) is 16.0 Å². The van der Waals surface area contributed by atoms with Crippen LogP contribution in [0, 0.1) is 5.92 Å². The largest absolute Gasteiger partial charge is 0.496 e. The predicted octanol–water partition coefficient (Wildman–Crippen LogP) is 6.63. The molecule has 1 aliphatic rings. The molecule has 0 bridgehead atoms. The van der Waals surface area contributed by atoms with E-state index in [-0.39, 0.29) is 22.8 Å². The molecule has 3 N–H and O–H groups in total. The average Bonchev–Trinajstić information content (AvgIpc) is 3.87. The maximum absolute atomic E-state index is 13.4. The Labute approximate surface area is 252 Å². The second-order valence-corrected chi connectivity index (χ2v) is 10.5. The van der Waals surface area contributed by atoms with Crippen LogP contribution < -0.4 is 20.7 Å². The van der Waals surface area contributed by atoms with Crippen LogP contribution in [0.25, 0.3) is 11.1 Å². The van der Waals surface area contributed by atoms with Crippen molar-refractivity contribution in [2.75, 3.05) is 19.0 Å². The lowest BCUT2D eigenvalue weighted by Gasteiger charge is -2.20. The van der Waals surface area contributed by atoms with E-state index in [0.29, 0.717) is 34.8 Å². The maximum atomic E-state index is 13.4. The molecular formula is C34H30F3N3O4. The fraction of sp³-hybridized carbons (Fsp3) is 0.206. The second kappa shape index (κ2) is 13.0. The quantitative estimate of drug-likeness (QED) is 0.190. The second-order valence-electron chi connectivity index (χ2n) is 10.5. The lowest BCUT2D eigenvalue weighted by atomic mass is 9.98. The highest BCUT2D eigenvalue weighted by atomic mass is 19.4. The number of methoxy groups -OCH3 is 1. The molecule has 5 rings (SSSR count). The van der Waals surface area contributed by atoms with Crippen LogP contribution in [0.3, 0.4) is 0 Å². The Morgan fingerprint density at radius 1 is 0.841 bits per heavy atom. The highest BCUT2D eigenvalue weighted by Gasteiger charge is 2.30. The number of amides is 3. The first-order valence-electron chi connectivity index (χ1n) is 14.0. The van der Waals surface area contributed by atoms with Crippen molar-refractivity contribution in [3.63, 3.8) is 0 Å². The molecule has 4 aromatic rings. The summed E-state index contributed by atoms with van der Waals surface area (Å²) in [4.78, 5) is 39.7. The molecule has 1 aliphatic carbocycles. The number of carbonyl (C=O) groups is 3. The van der Waals surface area contributed by atoms with Gasteiger partial charge in [-0.25, -0.2) is 0 Å². The minimum Gasteiger partial charge on any atom is -0.496 e. The first-order valence-corrected chi connectivity index (χ1v) is 14.0. The summed E-state index contributed by atoms with van der Waals surface area (Å²) < 4.78 is 44.5. The normalized spacial score (nSPS) is 13.5. The number of hydrogen-bond acceptors (Lipinski definition) is 4. The van der Waals surface area contributed by atoms with Gasteiger partial charge in [0.15, 0.2) is 0 Å². The third-order valence-corrected chi connectivity index (χ3v) is 7.33. The SMILES string of the molecule is COc1cc(NC(=O)c2ccccc2-c2ccc(C(F)(F)F)cc2)ccc1C(=O)N[C@H](C(=O)NCC1CC1)c1ccccc1. The molecule has 1 atom stereocenters. The van der Waals surface area contributed by atoms with Gasteiger partial charge in [0, 0.05) is 23.9 Å². The molecule has 0 heterocycles. The lowest BCUT2D eigenvalue weighted by Crippen LogP contribution is -2.41. The first-order chi connectivity index (χ1) is 21.1. The van der Waals surface area contributed by atoms with Gasteiger partial charge in [-0.1, -0.05) is 60.7 Å². The van der Waals surface area contributed by atoms with E-state index in [1.54, 1.807) is 48.5 Å². The van der Waals surface area contributed by atoms with Crippen LogP contribution in [0.2, 0.25) is 0 Å². The molecule has 0 radical (unpaired) electrons. The Morgan fingerprint density at radius 2 is 1.52 bits per heavy atom. The molecule has 0 saturated heterocycles. The van der Waals surface area contributed by atoms with E-state index in [9.17, 15) is 27.6 Å². The van der Waals surface area contributed by atoms with Crippen molar-refractivity contribution in [3.8, 4) is 16.9 Å². The number of halogens is 3. The summed E-state index contributed by atoms with van der Waals surface area (Å²) in [6.45, 7) is 0.553. The Morgan fingerprint density at radius 3 is 2.18 bits per heavy atom. The zero-order chi connectivity index (χ0) is 31.3. The highest BCUT2D eigenvalue weighted by molar-refractivity contribution is 6.09. The van der Waals surface area contributed by atoms with Gasteiger partial charge in [-0.15, -0.1) is 0 Å². The zero-order valence-electron chi connectivity index (χ0n) is 23.8. The van der Waals surface area contributed by atoms with Crippen molar-refractivity contribution < 1.29 is 32.3 Å². The molecule has 226 valence electrons. The van der Waals surface area contributed by atoms with E-state index in [0.717, 1.165) is 25.0 Å². The number of anilines is 1. The fourth-order valence-corrected chi connectivity index (χ4v) is 4.75. The molecule has 7 nitrogen and oxygen atoms in total. The van der Waals surface area contributed by atoms with Crippen molar-refractivity contribution in [2.24, 2.45) is 5.92 Å². The van der Waals surface area contributed by atoms with Crippen LogP contribution in [-0.2, 0) is 11.0 Å². The molecule has 4 aromatic carbocycles. The fourth-order valence-electron chi connectivity index (χ4n) is 4.75. The number of carbonyl (C=O) groups excluding carboxylic acids is 3. The first kappa shape index (κ1) is 30.3. The van der Waals surface area contributed by atoms with Gasteiger partial charge in [-0.3, -0.25) is 14.4 Å². The summed E-state index contributed by atoms with van der Waals surface area (Å²) in [6, 6.07) is 23.6. The zero-order valence-corrected chi connectivity index (χ0v) is 23.8.